The van der Waals surface area contributed by atoms with E-state index in [1.54, 1.807) is 54.2 Å². The van der Waals surface area contributed by atoms with Crippen LogP contribution < -0.4 is 5.32 Å². The normalized spacial score (nSPS) is 17.5. The van der Waals surface area contributed by atoms with Gasteiger partial charge < -0.3 is 19.2 Å². The van der Waals surface area contributed by atoms with Gasteiger partial charge >= 0.3 is 0 Å². The second-order valence-electron chi connectivity index (χ2n) is 8.59. The number of furan rings is 1. The second-order valence-corrected chi connectivity index (χ2v) is 8.59. The molecule has 1 aliphatic rings. The standard InChI is InChI=1S/C27H24FN3O3/c1-27(26(33)29-16-19-8-3-2-4-9-19)18-30-22(24-12-7-15-34-24)13-14-23(30)25(32)31(27)17-20-10-5-6-11-21(20)28/h2-15H,16-18H2,1H3,(H,29,33)/t27-/m0/s1. The van der Waals surface area contributed by atoms with Crippen molar-refractivity contribution in [1.29, 1.82) is 0 Å². The minimum Gasteiger partial charge on any atom is -0.463 e. The van der Waals surface area contributed by atoms with Gasteiger partial charge in [0, 0.05) is 12.1 Å². The molecule has 2 amide bonds. The second kappa shape index (κ2) is 8.67. The Balaban J connectivity index is 1.53. The molecule has 0 aliphatic carbocycles. The molecule has 0 spiro atoms. The van der Waals surface area contributed by atoms with E-state index in [-0.39, 0.29) is 24.9 Å². The molecule has 0 bridgehead atoms. The zero-order valence-electron chi connectivity index (χ0n) is 18.7. The van der Waals surface area contributed by atoms with Crippen LogP contribution in [0.25, 0.3) is 11.5 Å². The molecule has 2 aromatic heterocycles. The number of nitrogens with one attached hydrogen (secondary N) is 1. The van der Waals surface area contributed by atoms with E-state index in [0.717, 1.165) is 5.56 Å². The SMILES string of the molecule is C[C@@]1(C(=O)NCc2ccccc2)Cn2c(ccc2-c2ccco2)C(=O)N1Cc1ccccc1F. The summed E-state index contributed by atoms with van der Waals surface area (Å²) < 4.78 is 21.9. The topological polar surface area (TPSA) is 67.5 Å². The van der Waals surface area contributed by atoms with Gasteiger partial charge in [-0.1, -0.05) is 48.5 Å². The Hall–Kier alpha value is -4.13. The van der Waals surface area contributed by atoms with Gasteiger partial charge in [-0.25, -0.2) is 4.39 Å². The van der Waals surface area contributed by atoms with Crippen molar-refractivity contribution < 1.29 is 18.4 Å². The number of nitrogens with zero attached hydrogens (tertiary/aromatic N) is 2. The Kier molecular flexibility index (Phi) is 5.53. The van der Waals surface area contributed by atoms with Crippen LogP contribution in [0.2, 0.25) is 0 Å². The van der Waals surface area contributed by atoms with Crippen molar-refractivity contribution in [1.82, 2.24) is 14.8 Å². The van der Waals surface area contributed by atoms with Crippen LogP contribution in [0.3, 0.4) is 0 Å². The minimum atomic E-state index is -1.26. The lowest BCUT2D eigenvalue weighted by atomic mass is 9.93. The van der Waals surface area contributed by atoms with Crippen LogP contribution in [0.4, 0.5) is 4.39 Å². The molecular formula is C27H24FN3O3. The highest BCUT2D eigenvalue weighted by molar-refractivity contribution is 6.00. The van der Waals surface area contributed by atoms with Gasteiger partial charge in [-0.2, -0.15) is 0 Å². The summed E-state index contributed by atoms with van der Waals surface area (Å²) in [6, 6.07) is 23.0. The first-order valence-corrected chi connectivity index (χ1v) is 11.1. The number of carbonyl (C=O) groups is 2. The van der Waals surface area contributed by atoms with Crippen LogP contribution in [-0.4, -0.2) is 26.8 Å². The lowest BCUT2D eigenvalue weighted by Gasteiger charge is -2.44. The molecule has 34 heavy (non-hydrogen) atoms. The lowest BCUT2D eigenvalue weighted by molar-refractivity contribution is -0.133. The van der Waals surface area contributed by atoms with E-state index < -0.39 is 11.4 Å². The quantitative estimate of drug-likeness (QED) is 0.460. The summed E-state index contributed by atoms with van der Waals surface area (Å²) in [4.78, 5) is 28.8. The maximum absolute atomic E-state index is 14.5. The van der Waals surface area contributed by atoms with Crippen molar-refractivity contribution in [2.24, 2.45) is 0 Å². The van der Waals surface area contributed by atoms with E-state index in [2.05, 4.69) is 5.32 Å². The smallest absolute Gasteiger partial charge is 0.271 e. The number of hydrogen-bond donors (Lipinski definition) is 1. The summed E-state index contributed by atoms with van der Waals surface area (Å²) in [7, 11) is 0. The van der Waals surface area contributed by atoms with Crippen molar-refractivity contribution in [2.75, 3.05) is 0 Å². The van der Waals surface area contributed by atoms with Crippen molar-refractivity contribution in [3.63, 3.8) is 0 Å². The van der Waals surface area contributed by atoms with Crippen LogP contribution in [0, 0.1) is 5.82 Å². The van der Waals surface area contributed by atoms with Crippen molar-refractivity contribution in [2.45, 2.75) is 32.1 Å². The third-order valence-corrected chi connectivity index (χ3v) is 6.35. The van der Waals surface area contributed by atoms with Gasteiger partial charge in [0.1, 0.15) is 22.8 Å². The fraction of sp³-hybridized carbons (Fsp3) is 0.185. The zero-order chi connectivity index (χ0) is 23.7. The molecule has 6 nitrogen and oxygen atoms in total. The van der Waals surface area contributed by atoms with Crippen LogP contribution >= 0.6 is 0 Å². The molecule has 3 heterocycles. The van der Waals surface area contributed by atoms with Crippen molar-refractivity contribution in [3.8, 4) is 11.5 Å². The average molecular weight is 458 g/mol. The molecule has 0 fully saturated rings. The first-order chi connectivity index (χ1) is 16.5. The molecule has 0 radical (unpaired) electrons. The molecule has 1 aliphatic heterocycles. The Labute approximate surface area is 196 Å². The molecular weight excluding hydrogens is 433 g/mol. The van der Waals surface area contributed by atoms with E-state index >= 15 is 0 Å². The molecule has 7 heteroatoms. The average Bonchev–Trinajstić information content (AvgIpc) is 3.52. The van der Waals surface area contributed by atoms with Gasteiger partial charge in [-0.15, -0.1) is 0 Å². The fourth-order valence-electron chi connectivity index (χ4n) is 4.43. The van der Waals surface area contributed by atoms with E-state index in [0.29, 0.717) is 29.3 Å². The molecule has 2 aromatic carbocycles. The highest BCUT2D eigenvalue weighted by Gasteiger charge is 2.48. The molecule has 0 saturated heterocycles. The Morgan fingerprint density at radius 2 is 1.74 bits per heavy atom. The number of halogens is 1. The molecule has 1 atom stereocenters. The van der Waals surface area contributed by atoms with Crippen LogP contribution in [0.15, 0.2) is 89.5 Å². The van der Waals surface area contributed by atoms with Gasteiger partial charge in [0.05, 0.1) is 25.0 Å². The third-order valence-electron chi connectivity index (χ3n) is 6.35. The van der Waals surface area contributed by atoms with Crippen LogP contribution in [0.5, 0.6) is 0 Å². The van der Waals surface area contributed by atoms with E-state index in [1.165, 1.54) is 11.0 Å². The van der Waals surface area contributed by atoms with E-state index in [9.17, 15) is 14.0 Å². The minimum absolute atomic E-state index is 0.0258. The van der Waals surface area contributed by atoms with Gasteiger partial charge in [0.15, 0.2) is 0 Å². The van der Waals surface area contributed by atoms with Crippen molar-refractivity contribution >= 4 is 11.8 Å². The summed E-state index contributed by atoms with van der Waals surface area (Å²) >= 11 is 0. The third kappa shape index (κ3) is 3.79. The van der Waals surface area contributed by atoms with Gasteiger partial charge in [-0.3, -0.25) is 9.59 Å². The maximum atomic E-state index is 14.5. The number of benzene rings is 2. The molecule has 4 aromatic rings. The molecule has 0 unspecified atom stereocenters. The predicted octanol–water partition coefficient (Wildman–Crippen LogP) is 4.62. The predicted molar refractivity (Wildman–Crippen MR) is 125 cm³/mol. The lowest BCUT2D eigenvalue weighted by Crippen LogP contribution is -2.63. The first-order valence-electron chi connectivity index (χ1n) is 11.1. The fourth-order valence-corrected chi connectivity index (χ4v) is 4.43. The number of hydrogen-bond acceptors (Lipinski definition) is 3. The highest BCUT2D eigenvalue weighted by atomic mass is 19.1. The summed E-state index contributed by atoms with van der Waals surface area (Å²) in [5.74, 6) is -0.469. The highest BCUT2D eigenvalue weighted by Crippen LogP contribution is 2.34. The maximum Gasteiger partial charge on any atom is 0.271 e. The number of fused-ring (bicyclic) bond motifs is 1. The summed E-state index contributed by atoms with van der Waals surface area (Å²) in [5, 5.41) is 2.97. The first kappa shape index (κ1) is 21.7. The summed E-state index contributed by atoms with van der Waals surface area (Å²) in [6.45, 7) is 2.22. The van der Waals surface area contributed by atoms with Gasteiger partial charge in [0.25, 0.3) is 5.91 Å². The van der Waals surface area contributed by atoms with Crippen molar-refractivity contribution in [3.05, 3.63) is 108 Å². The molecule has 172 valence electrons. The number of carbonyl (C=O) groups excluding carboxylic acids is 2. The van der Waals surface area contributed by atoms with Crippen LogP contribution in [0.1, 0.15) is 28.5 Å². The number of aromatic nitrogens is 1. The number of amides is 2. The molecule has 1 N–H and O–H groups in total. The summed E-state index contributed by atoms with van der Waals surface area (Å²) in [5.41, 5.74) is 1.17. The largest absolute Gasteiger partial charge is 0.463 e. The van der Waals surface area contributed by atoms with Gasteiger partial charge in [0.2, 0.25) is 5.91 Å². The van der Waals surface area contributed by atoms with Gasteiger partial charge in [-0.05, 0) is 42.8 Å². The Bertz CT molecular complexity index is 1330. The zero-order valence-corrected chi connectivity index (χ0v) is 18.7. The number of rotatable bonds is 6. The summed E-state index contributed by atoms with van der Waals surface area (Å²) in [6.07, 6.45) is 1.57. The molecule has 5 rings (SSSR count). The Morgan fingerprint density at radius 1 is 1.00 bits per heavy atom. The van der Waals surface area contributed by atoms with E-state index in [1.807, 2.05) is 36.4 Å². The monoisotopic (exact) mass is 457 g/mol. The van der Waals surface area contributed by atoms with Crippen LogP contribution in [-0.2, 0) is 24.4 Å². The van der Waals surface area contributed by atoms with E-state index in [4.69, 9.17) is 4.42 Å². The molecule has 0 saturated carbocycles. The Morgan fingerprint density at radius 3 is 2.47 bits per heavy atom.